The molecule has 0 saturated carbocycles. The summed E-state index contributed by atoms with van der Waals surface area (Å²) in [6.07, 6.45) is 2.24. The summed E-state index contributed by atoms with van der Waals surface area (Å²) in [5.74, 6) is -0.219. The van der Waals surface area contributed by atoms with E-state index in [-0.39, 0.29) is 11.3 Å². The Kier molecular flexibility index (Phi) is 7.88. The van der Waals surface area contributed by atoms with Crippen molar-refractivity contribution in [3.05, 3.63) is 34.9 Å². The van der Waals surface area contributed by atoms with Crippen LogP contribution in [0.15, 0.2) is 18.2 Å². The smallest absolute Gasteiger partial charge is 0.426 e. The van der Waals surface area contributed by atoms with Gasteiger partial charge in [-0.2, -0.15) is 0 Å². The lowest BCUT2D eigenvalue weighted by Crippen LogP contribution is -2.48. The van der Waals surface area contributed by atoms with Crippen molar-refractivity contribution in [2.24, 2.45) is 5.41 Å². The standard InChI is InChI=1S/C22H36N2O3/c1-16-13-17(2)15-18(14-16)19(25)24(12-10-9-11-21(3,4)5)23-20(26)27-22(6,7)8/h13-15H,9-12H2,1-8H3,(H,23,26). The molecule has 0 unspecified atom stereocenters. The summed E-state index contributed by atoms with van der Waals surface area (Å²) in [5, 5.41) is 1.38. The monoisotopic (exact) mass is 376 g/mol. The third kappa shape index (κ3) is 9.45. The number of benzene rings is 1. The lowest BCUT2D eigenvalue weighted by Gasteiger charge is -2.27. The van der Waals surface area contributed by atoms with Gasteiger partial charge < -0.3 is 4.74 Å². The van der Waals surface area contributed by atoms with Crippen molar-refractivity contribution in [2.75, 3.05) is 6.54 Å². The minimum Gasteiger partial charge on any atom is -0.443 e. The second-order valence-corrected chi connectivity index (χ2v) is 9.46. The molecule has 1 N–H and O–H groups in total. The van der Waals surface area contributed by atoms with Gasteiger partial charge in [0.2, 0.25) is 0 Å². The Morgan fingerprint density at radius 3 is 2.00 bits per heavy atom. The predicted molar refractivity (Wildman–Crippen MR) is 110 cm³/mol. The van der Waals surface area contributed by atoms with Crippen molar-refractivity contribution in [3.63, 3.8) is 0 Å². The highest BCUT2D eigenvalue weighted by Crippen LogP contribution is 2.21. The number of carbonyl (C=O) groups is 2. The molecule has 0 atom stereocenters. The Hall–Kier alpha value is -2.04. The fourth-order valence-electron chi connectivity index (χ4n) is 2.80. The largest absolute Gasteiger partial charge is 0.443 e. The van der Waals surface area contributed by atoms with E-state index in [0.29, 0.717) is 12.1 Å². The van der Waals surface area contributed by atoms with Crippen LogP contribution in [-0.2, 0) is 4.74 Å². The van der Waals surface area contributed by atoms with Crippen LogP contribution in [0, 0.1) is 19.3 Å². The van der Waals surface area contributed by atoms with E-state index in [9.17, 15) is 9.59 Å². The van der Waals surface area contributed by atoms with Crippen LogP contribution in [0.1, 0.15) is 82.3 Å². The second kappa shape index (κ2) is 9.25. The van der Waals surface area contributed by atoms with E-state index < -0.39 is 11.7 Å². The summed E-state index contributed by atoms with van der Waals surface area (Å²) in [4.78, 5) is 25.2. The van der Waals surface area contributed by atoms with Crippen molar-refractivity contribution in [2.45, 2.75) is 80.3 Å². The van der Waals surface area contributed by atoms with Crippen LogP contribution < -0.4 is 5.43 Å². The minimum atomic E-state index is -0.620. The topological polar surface area (TPSA) is 58.6 Å². The second-order valence-electron chi connectivity index (χ2n) is 9.46. The van der Waals surface area contributed by atoms with E-state index in [2.05, 4.69) is 26.2 Å². The fraction of sp³-hybridized carbons (Fsp3) is 0.636. The lowest BCUT2D eigenvalue weighted by atomic mass is 9.90. The zero-order chi connectivity index (χ0) is 20.8. The summed E-state index contributed by atoms with van der Waals surface area (Å²) >= 11 is 0. The third-order valence-corrected chi connectivity index (χ3v) is 3.90. The maximum Gasteiger partial charge on any atom is 0.426 e. The number of nitrogens with one attached hydrogen (secondary N) is 1. The molecule has 0 aliphatic heterocycles. The molecule has 0 aromatic heterocycles. The first kappa shape index (κ1) is 23.0. The molecule has 0 heterocycles. The van der Waals surface area contributed by atoms with Crippen LogP contribution in [0.3, 0.4) is 0 Å². The van der Waals surface area contributed by atoms with Gasteiger partial charge in [-0.25, -0.2) is 15.2 Å². The van der Waals surface area contributed by atoms with Crippen molar-refractivity contribution in [1.29, 1.82) is 0 Å². The van der Waals surface area contributed by atoms with Crippen LogP contribution in [0.4, 0.5) is 4.79 Å². The van der Waals surface area contributed by atoms with Crippen molar-refractivity contribution in [1.82, 2.24) is 10.4 Å². The molecule has 0 saturated heterocycles. The highest BCUT2D eigenvalue weighted by atomic mass is 16.6. The fourth-order valence-corrected chi connectivity index (χ4v) is 2.80. The molecule has 0 fully saturated rings. The van der Waals surface area contributed by atoms with E-state index in [1.807, 2.05) is 32.0 Å². The maximum absolute atomic E-state index is 13.0. The van der Waals surface area contributed by atoms with Crippen molar-refractivity contribution in [3.8, 4) is 0 Å². The molecule has 0 bridgehead atoms. The Morgan fingerprint density at radius 2 is 1.52 bits per heavy atom. The van der Waals surface area contributed by atoms with E-state index in [4.69, 9.17) is 4.74 Å². The average molecular weight is 377 g/mol. The van der Waals surface area contributed by atoms with Gasteiger partial charge in [0.15, 0.2) is 0 Å². The van der Waals surface area contributed by atoms with E-state index in [0.717, 1.165) is 30.4 Å². The molecular formula is C22H36N2O3. The molecule has 0 spiro atoms. The molecule has 0 aliphatic carbocycles. The van der Waals surface area contributed by atoms with Crippen LogP contribution in [0.2, 0.25) is 0 Å². The average Bonchev–Trinajstić information content (AvgIpc) is 2.45. The van der Waals surface area contributed by atoms with Gasteiger partial charge in [-0.3, -0.25) is 4.79 Å². The quantitative estimate of drug-likeness (QED) is 0.553. The molecule has 1 aromatic rings. The summed E-state index contributed by atoms with van der Waals surface area (Å²) in [6, 6.07) is 5.70. The van der Waals surface area contributed by atoms with Gasteiger partial charge in [0.25, 0.3) is 5.91 Å². The highest BCUT2D eigenvalue weighted by molar-refractivity contribution is 5.95. The van der Waals surface area contributed by atoms with Gasteiger partial charge >= 0.3 is 6.09 Å². The van der Waals surface area contributed by atoms with Gasteiger partial charge in [0.1, 0.15) is 5.60 Å². The summed E-state index contributed by atoms with van der Waals surface area (Å²) in [5.41, 5.74) is 4.86. The van der Waals surface area contributed by atoms with Crippen LogP contribution >= 0.6 is 0 Å². The number of carbonyl (C=O) groups excluding carboxylic acids is 2. The molecule has 5 heteroatoms. The Bertz CT molecular complexity index is 634. The zero-order valence-electron chi connectivity index (χ0n) is 18.2. The Morgan fingerprint density at radius 1 is 0.963 bits per heavy atom. The summed E-state index contributed by atoms with van der Waals surface area (Å²) in [6.45, 7) is 16.3. The number of ether oxygens (including phenoxy) is 1. The number of hydrazine groups is 1. The summed E-state index contributed by atoms with van der Waals surface area (Å²) in [7, 11) is 0. The molecule has 5 nitrogen and oxygen atoms in total. The first-order valence-electron chi connectivity index (χ1n) is 9.67. The van der Waals surface area contributed by atoms with Gasteiger partial charge in [0, 0.05) is 12.1 Å². The first-order valence-corrected chi connectivity index (χ1v) is 9.67. The molecule has 1 rings (SSSR count). The third-order valence-electron chi connectivity index (χ3n) is 3.90. The molecule has 1 aromatic carbocycles. The number of hydrogen-bond acceptors (Lipinski definition) is 3. The molecular weight excluding hydrogens is 340 g/mol. The molecule has 2 amide bonds. The normalized spacial score (nSPS) is 11.9. The van der Waals surface area contributed by atoms with E-state index >= 15 is 0 Å². The molecule has 152 valence electrons. The SMILES string of the molecule is Cc1cc(C)cc(C(=O)N(CCCCC(C)(C)C)NC(=O)OC(C)(C)C)c1. The molecule has 0 radical (unpaired) electrons. The summed E-state index contributed by atoms with van der Waals surface area (Å²) < 4.78 is 5.32. The number of aryl methyl sites for hydroxylation is 2. The number of rotatable bonds is 5. The van der Waals surface area contributed by atoms with E-state index in [1.54, 1.807) is 20.8 Å². The lowest BCUT2D eigenvalue weighted by molar-refractivity contribution is 0.0290. The molecule has 27 heavy (non-hydrogen) atoms. The number of amides is 2. The number of nitrogens with zero attached hydrogens (tertiary/aromatic N) is 1. The zero-order valence-corrected chi connectivity index (χ0v) is 18.2. The molecule has 0 aliphatic rings. The highest BCUT2D eigenvalue weighted by Gasteiger charge is 2.22. The van der Waals surface area contributed by atoms with Crippen molar-refractivity contribution >= 4 is 12.0 Å². The van der Waals surface area contributed by atoms with Crippen LogP contribution in [0.25, 0.3) is 0 Å². The number of hydrogen-bond donors (Lipinski definition) is 1. The van der Waals surface area contributed by atoms with Crippen LogP contribution in [0.5, 0.6) is 0 Å². The first-order chi connectivity index (χ1) is 12.3. The maximum atomic E-state index is 13.0. The Labute approximate surface area is 164 Å². The van der Waals surface area contributed by atoms with Gasteiger partial charge in [-0.15, -0.1) is 0 Å². The van der Waals surface area contributed by atoms with Crippen LogP contribution in [-0.4, -0.2) is 29.2 Å². The number of unbranched alkanes of at least 4 members (excludes halogenated alkanes) is 1. The van der Waals surface area contributed by atoms with Gasteiger partial charge in [0.05, 0.1) is 0 Å². The van der Waals surface area contributed by atoms with E-state index in [1.165, 1.54) is 5.01 Å². The van der Waals surface area contributed by atoms with Gasteiger partial charge in [-0.05, 0) is 65.0 Å². The predicted octanol–water partition coefficient (Wildman–Crippen LogP) is 5.40. The Balaban J connectivity index is 2.88. The van der Waals surface area contributed by atoms with Crippen molar-refractivity contribution < 1.29 is 14.3 Å². The minimum absolute atomic E-state index is 0.219. The van der Waals surface area contributed by atoms with Gasteiger partial charge in [-0.1, -0.05) is 44.4 Å².